The third kappa shape index (κ3) is 3.46. The first-order valence-corrected chi connectivity index (χ1v) is 6.38. The average Bonchev–Trinajstić information content (AvgIpc) is 2.29. The lowest BCUT2D eigenvalue weighted by atomic mass is 9.66. The van der Waals surface area contributed by atoms with Gasteiger partial charge in [-0.1, -0.05) is 26.2 Å². The van der Waals surface area contributed by atoms with Crippen molar-refractivity contribution in [1.82, 2.24) is 0 Å². The van der Waals surface area contributed by atoms with Crippen LogP contribution in [0.2, 0.25) is 0 Å². The van der Waals surface area contributed by atoms with Crippen molar-refractivity contribution in [1.29, 1.82) is 0 Å². The lowest BCUT2D eigenvalue weighted by Gasteiger charge is -2.41. The van der Waals surface area contributed by atoms with Crippen LogP contribution < -0.4 is 5.73 Å². The molecule has 0 bridgehead atoms. The molecule has 1 saturated carbocycles. The molecule has 0 aromatic heterocycles. The molecular weight excluding hydrogens is 186 g/mol. The summed E-state index contributed by atoms with van der Waals surface area (Å²) in [4.78, 5) is 0. The summed E-state index contributed by atoms with van der Waals surface area (Å²) in [6.45, 7) is 5.29. The maximum Gasteiger partial charge on any atom is 0.0549 e. The maximum atomic E-state index is 6.00. The summed E-state index contributed by atoms with van der Waals surface area (Å²) in [6, 6.07) is 0. The van der Waals surface area contributed by atoms with Gasteiger partial charge in [-0.2, -0.15) is 0 Å². The standard InChI is InChI=1S/C13H27NO/c1-4-12-6-5-7-13(9-12,10-14)8-11(2)15-3/h11-12H,4-10,14H2,1-3H3. The second-order valence-corrected chi connectivity index (χ2v) is 5.33. The van der Waals surface area contributed by atoms with Gasteiger partial charge in [0.25, 0.3) is 0 Å². The quantitative estimate of drug-likeness (QED) is 0.762. The van der Waals surface area contributed by atoms with Crippen molar-refractivity contribution in [2.24, 2.45) is 17.1 Å². The van der Waals surface area contributed by atoms with Gasteiger partial charge in [-0.15, -0.1) is 0 Å². The topological polar surface area (TPSA) is 35.2 Å². The number of methoxy groups -OCH3 is 1. The summed E-state index contributed by atoms with van der Waals surface area (Å²) >= 11 is 0. The van der Waals surface area contributed by atoms with E-state index in [2.05, 4.69) is 13.8 Å². The van der Waals surface area contributed by atoms with Crippen molar-refractivity contribution in [3.63, 3.8) is 0 Å². The van der Waals surface area contributed by atoms with Crippen LogP contribution in [0.4, 0.5) is 0 Å². The summed E-state index contributed by atoms with van der Waals surface area (Å²) < 4.78 is 5.39. The highest BCUT2D eigenvalue weighted by molar-refractivity contribution is 4.88. The van der Waals surface area contributed by atoms with Crippen molar-refractivity contribution in [3.05, 3.63) is 0 Å². The SMILES string of the molecule is CCC1CCCC(CN)(CC(C)OC)C1. The van der Waals surface area contributed by atoms with E-state index in [4.69, 9.17) is 10.5 Å². The van der Waals surface area contributed by atoms with Gasteiger partial charge >= 0.3 is 0 Å². The molecule has 0 saturated heterocycles. The van der Waals surface area contributed by atoms with Crippen molar-refractivity contribution in [3.8, 4) is 0 Å². The molecule has 1 rings (SSSR count). The molecule has 2 N–H and O–H groups in total. The Balaban J connectivity index is 2.57. The van der Waals surface area contributed by atoms with Gasteiger partial charge in [-0.3, -0.25) is 0 Å². The molecule has 0 aromatic carbocycles. The van der Waals surface area contributed by atoms with E-state index in [9.17, 15) is 0 Å². The van der Waals surface area contributed by atoms with Crippen molar-refractivity contribution in [2.75, 3.05) is 13.7 Å². The van der Waals surface area contributed by atoms with E-state index in [0.29, 0.717) is 11.5 Å². The monoisotopic (exact) mass is 213 g/mol. The van der Waals surface area contributed by atoms with E-state index >= 15 is 0 Å². The molecule has 0 aliphatic heterocycles. The predicted octanol–water partition coefficient (Wildman–Crippen LogP) is 2.96. The van der Waals surface area contributed by atoms with Crippen LogP contribution >= 0.6 is 0 Å². The Bertz CT molecular complexity index is 179. The van der Waals surface area contributed by atoms with E-state index in [1.165, 1.54) is 32.1 Å². The third-order valence-electron chi connectivity index (χ3n) is 4.17. The van der Waals surface area contributed by atoms with E-state index in [0.717, 1.165) is 18.9 Å². The first kappa shape index (κ1) is 13.0. The van der Waals surface area contributed by atoms with Gasteiger partial charge < -0.3 is 10.5 Å². The molecule has 0 aromatic rings. The summed E-state index contributed by atoms with van der Waals surface area (Å²) in [7, 11) is 1.80. The zero-order valence-electron chi connectivity index (χ0n) is 10.6. The number of hydrogen-bond acceptors (Lipinski definition) is 2. The van der Waals surface area contributed by atoms with E-state index in [1.54, 1.807) is 7.11 Å². The van der Waals surface area contributed by atoms with Crippen LogP contribution in [0.1, 0.15) is 52.4 Å². The van der Waals surface area contributed by atoms with E-state index in [1.807, 2.05) is 0 Å². The molecule has 0 radical (unpaired) electrons. The van der Waals surface area contributed by atoms with Gasteiger partial charge in [0.2, 0.25) is 0 Å². The molecule has 3 atom stereocenters. The highest BCUT2D eigenvalue weighted by Gasteiger charge is 2.35. The number of nitrogens with two attached hydrogens (primary N) is 1. The smallest absolute Gasteiger partial charge is 0.0549 e. The number of ether oxygens (including phenoxy) is 1. The largest absolute Gasteiger partial charge is 0.382 e. The zero-order chi connectivity index (χ0) is 11.3. The van der Waals surface area contributed by atoms with Crippen LogP contribution in [0.15, 0.2) is 0 Å². The van der Waals surface area contributed by atoms with Gasteiger partial charge in [0.15, 0.2) is 0 Å². The predicted molar refractivity (Wildman–Crippen MR) is 64.8 cm³/mol. The molecule has 0 amide bonds. The molecule has 0 heterocycles. The van der Waals surface area contributed by atoms with Gasteiger partial charge in [0, 0.05) is 7.11 Å². The molecule has 1 aliphatic carbocycles. The molecule has 3 unspecified atom stereocenters. The van der Waals surface area contributed by atoms with E-state index in [-0.39, 0.29) is 0 Å². The second-order valence-electron chi connectivity index (χ2n) is 5.33. The second kappa shape index (κ2) is 5.86. The van der Waals surface area contributed by atoms with Gasteiger partial charge in [0.1, 0.15) is 0 Å². The summed E-state index contributed by atoms with van der Waals surface area (Å²) in [5.41, 5.74) is 6.37. The summed E-state index contributed by atoms with van der Waals surface area (Å²) in [5, 5.41) is 0. The first-order valence-electron chi connectivity index (χ1n) is 6.38. The Morgan fingerprint density at radius 2 is 2.27 bits per heavy atom. The van der Waals surface area contributed by atoms with Crippen LogP contribution in [0, 0.1) is 11.3 Å². The van der Waals surface area contributed by atoms with Crippen LogP contribution in [-0.4, -0.2) is 19.8 Å². The van der Waals surface area contributed by atoms with Crippen molar-refractivity contribution < 1.29 is 4.74 Å². The Hall–Kier alpha value is -0.0800. The van der Waals surface area contributed by atoms with Crippen molar-refractivity contribution >= 4 is 0 Å². The molecule has 2 heteroatoms. The first-order chi connectivity index (χ1) is 7.15. The Labute approximate surface area is 94.6 Å². The highest BCUT2D eigenvalue weighted by Crippen LogP contribution is 2.43. The average molecular weight is 213 g/mol. The Morgan fingerprint density at radius 3 is 2.80 bits per heavy atom. The highest BCUT2D eigenvalue weighted by atomic mass is 16.5. The van der Waals surface area contributed by atoms with Crippen LogP contribution in [0.3, 0.4) is 0 Å². The van der Waals surface area contributed by atoms with Gasteiger partial charge in [0.05, 0.1) is 6.10 Å². The molecule has 1 aliphatic rings. The number of hydrogen-bond donors (Lipinski definition) is 1. The number of rotatable bonds is 5. The maximum absolute atomic E-state index is 6.00. The molecule has 15 heavy (non-hydrogen) atoms. The molecule has 0 spiro atoms. The minimum atomic E-state index is 0.351. The molecule has 1 fully saturated rings. The summed E-state index contributed by atoms with van der Waals surface area (Å²) in [5.74, 6) is 0.895. The minimum Gasteiger partial charge on any atom is -0.382 e. The molecule has 90 valence electrons. The lowest BCUT2D eigenvalue weighted by molar-refractivity contribution is 0.0360. The molecular formula is C13H27NO. The molecule has 2 nitrogen and oxygen atoms in total. The van der Waals surface area contributed by atoms with Crippen LogP contribution in [0.25, 0.3) is 0 Å². The zero-order valence-corrected chi connectivity index (χ0v) is 10.6. The lowest BCUT2D eigenvalue weighted by Crippen LogP contribution is -2.38. The van der Waals surface area contributed by atoms with E-state index < -0.39 is 0 Å². The van der Waals surface area contributed by atoms with Crippen molar-refractivity contribution in [2.45, 2.75) is 58.5 Å². The van der Waals surface area contributed by atoms with Gasteiger partial charge in [-0.25, -0.2) is 0 Å². The van der Waals surface area contributed by atoms with Crippen LogP contribution in [0.5, 0.6) is 0 Å². The van der Waals surface area contributed by atoms with Gasteiger partial charge in [-0.05, 0) is 44.1 Å². The Kier molecular flexibility index (Phi) is 5.07. The fourth-order valence-corrected chi connectivity index (χ4v) is 3.08. The fraction of sp³-hybridized carbons (Fsp3) is 1.00. The fourth-order valence-electron chi connectivity index (χ4n) is 3.08. The van der Waals surface area contributed by atoms with Crippen LogP contribution in [-0.2, 0) is 4.74 Å². The Morgan fingerprint density at radius 1 is 1.53 bits per heavy atom. The summed E-state index contributed by atoms with van der Waals surface area (Å²) in [6.07, 6.45) is 8.16. The normalized spacial score (nSPS) is 34.0. The minimum absolute atomic E-state index is 0.351. The third-order valence-corrected chi connectivity index (χ3v) is 4.17.